The van der Waals surface area contributed by atoms with Crippen LogP contribution in [0.15, 0.2) is 98.1 Å². The molecule has 6 heteroatoms. The largest absolute Gasteiger partial charge is 0.265 e. The Hall–Kier alpha value is -2.44. The van der Waals surface area contributed by atoms with E-state index in [9.17, 15) is 0 Å². The predicted molar refractivity (Wildman–Crippen MR) is 116 cm³/mol. The van der Waals surface area contributed by atoms with Crippen LogP contribution in [0.5, 0.6) is 0 Å². The molecule has 26 heavy (non-hydrogen) atoms. The standard InChI is InChI=1S/2C10H8N2.2BrH/c2*1-5-11-6-2-9(1)10-3-7-12-8-4-10;;/h2*1-8H;2*1H. The first-order valence-electron chi connectivity index (χ1n) is 7.54. The van der Waals surface area contributed by atoms with Gasteiger partial charge in [0.15, 0.2) is 0 Å². The summed E-state index contributed by atoms with van der Waals surface area (Å²) in [5.41, 5.74) is 4.69. The summed E-state index contributed by atoms with van der Waals surface area (Å²) >= 11 is 0. The maximum absolute atomic E-state index is 3.96. The highest BCUT2D eigenvalue weighted by molar-refractivity contribution is 8.93. The Balaban J connectivity index is 0.000000241. The first-order chi connectivity index (χ1) is 11.9. The molecule has 0 radical (unpaired) electrons. The SMILES string of the molecule is Br.Br.c1cc(-c2ccncc2)ccn1.c1cc(-c2ccncc2)ccn1. The highest BCUT2D eigenvalue weighted by Gasteiger charge is 1.93. The minimum absolute atomic E-state index is 0. The molecule has 0 fully saturated rings. The number of halogens is 2. The molecule has 4 aromatic rings. The lowest BCUT2D eigenvalue weighted by atomic mass is 10.1. The molecule has 0 unspecified atom stereocenters. The van der Waals surface area contributed by atoms with Gasteiger partial charge in [0.1, 0.15) is 0 Å². The molecule has 4 rings (SSSR count). The van der Waals surface area contributed by atoms with Gasteiger partial charge in [0.25, 0.3) is 0 Å². The molecule has 0 aromatic carbocycles. The van der Waals surface area contributed by atoms with Gasteiger partial charge in [-0.05, 0) is 70.8 Å². The summed E-state index contributed by atoms with van der Waals surface area (Å²) in [6.07, 6.45) is 14.3. The molecule has 0 saturated heterocycles. The van der Waals surface area contributed by atoms with Crippen LogP contribution >= 0.6 is 34.0 Å². The van der Waals surface area contributed by atoms with Gasteiger partial charge in [-0.1, -0.05) is 0 Å². The lowest BCUT2D eigenvalue weighted by Gasteiger charge is -1.97. The Morgan fingerprint density at radius 1 is 0.308 bits per heavy atom. The first-order valence-corrected chi connectivity index (χ1v) is 7.54. The maximum atomic E-state index is 3.96. The molecule has 0 spiro atoms. The van der Waals surface area contributed by atoms with E-state index in [4.69, 9.17) is 0 Å². The average molecular weight is 474 g/mol. The number of hydrogen-bond donors (Lipinski definition) is 0. The smallest absolute Gasteiger partial charge is 0.0273 e. The summed E-state index contributed by atoms with van der Waals surface area (Å²) in [7, 11) is 0. The van der Waals surface area contributed by atoms with E-state index in [2.05, 4.69) is 19.9 Å². The van der Waals surface area contributed by atoms with Crippen molar-refractivity contribution in [1.29, 1.82) is 0 Å². The van der Waals surface area contributed by atoms with Gasteiger partial charge in [-0.25, -0.2) is 0 Å². The number of aromatic nitrogens is 4. The zero-order valence-electron chi connectivity index (χ0n) is 13.8. The Morgan fingerprint density at radius 2 is 0.462 bits per heavy atom. The lowest BCUT2D eigenvalue weighted by Crippen LogP contribution is -1.77. The van der Waals surface area contributed by atoms with Crippen molar-refractivity contribution in [2.24, 2.45) is 0 Å². The van der Waals surface area contributed by atoms with E-state index in [-0.39, 0.29) is 34.0 Å². The van der Waals surface area contributed by atoms with E-state index in [1.807, 2.05) is 48.5 Å². The van der Waals surface area contributed by atoms with Gasteiger partial charge in [-0.2, -0.15) is 0 Å². The molecule has 4 aromatic heterocycles. The van der Waals surface area contributed by atoms with E-state index in [0.29, 0.717) is 0 Å². The normalized spacial score (nSPS) is 8.92. The van der Waals surface area contributed by atoms with E-state index in [1.54, 1.807) is 49.6 Å². The second kappa shape index (κ2) is 12.0. The Bertz CT molecular complexity index is 696. The van der Waals surface area contributed by atoms with Crippen molar-refractivity contribution in [2.75, 3.05) is 0 Å². The third-order valence-corrected chi connectivity index (χ3v) is 3.39. The first kappa shape index (κ1) is 21.6. The summed E-state index contributed by atoms with van der Waals surface area (Å²) in [4.78, 5) is 15.8. The van der Waals surface area contributed by atoms with E-state index >= 15 is 0 Å². The van der Waals surface area contributed by atoms with Crippen molar-refractivity contribution >= 4 is 34.0 Å². The molecule has 0 amide bonds. The zero-order chi connectivity index (χ0) is 16.5. The second-order valence-corrected chi connectivity index (χ2v) is 4.94. The third kappa shape index (κ3) is 6.46. The minimum Gasteiger partial charge on any atom is -0.265 e. The van der Waals surface area contributed by atoms with Crippen LogP contribution in [0.25, 0.3) is 22.3 Å². The molecule has 0 aliphatic carbocycles. The molecule has 0 atom stereocenters. The molecule has 4 heterocycles. The van der Waals surface area contributed by atoms with Gasteiger partial charge < -0.3 is 0 Å². The van der Waals surface area contributed by atoms with Crippen LogP contribution in [-0.2, 0) is 0 Å². The fourth-order valence-electron chi connectivity index (χ4n) is 2.18. The summed E-state index contributed by atoms with van der Waals surface area (Å²) in [6.45, 7) is 0. The molecule has 0 aliphatic heterocycles. The Kier molecular flexibility index (Phi) is 9.97. The zero-order valence-corrected chi connectivity index (χ0v) is 17.3. The topological polar surface area (TPSA) is 51.6 Å². The fraction of sp³-hybridized carbons (Fsp3) is 0. The molecule has 4 nitrogen and oxygen atoms in total. The van der Waals surface area contributed by atoms with Crippen LogP contribution in [0.4, 0.5) is 0 Å². The number of hydrogen-bond acceptors (Lipinski definition) is 4. The van der Waals surface area contributed by atoms with Crippen molar-refractivity contribution in [1.82, 2.24) is 19.9 Å². The van der Waals surface area contributed by atoms with Crippen LogP contribution in [0.1, 0.15) is 0 Å². The molecule has 0 bridgehead atoms. The van der Waals surface area contributed by atoms with Crippen molar-refractivity contribution in [3.63, 3.8) is 0 Å². The number of pyridine rings is 4. The van der Waals surface area contributed by atoms with E-state index in [1.165, 1.54) is 22.3 Å². The molecule has 132 valence electrons. The van der Waals surface area contributed by atoms with Crippen molar-refractivity contribution in [3.8, 4) is 22.3 Å². The molecular weight excluding hydrogens is 456 g/mol. The van der Waals surface area contributed by atoms with E-state index < -0.39 is 0 Å². The monoisotopic (exact) mass is 472 g/mol. The molecule has 0 N–H and O–H groups in total. The lowest BCUT2D eigenvalue weighted by molar-refractivity contribution is 1.31. The Morgan fingerprint density at radius 3 is 0.615 bits per heavy atom. The maximum Gasteiger partial charge on any atom is 0.0273 e. The van der Waals surface area contributed by atoms with Crippen molar-refractivity contribution in [3.05, 3.63) is 98.1 Å². The van der Waals surface area contributed by atoms with Crippen LogP contribution in [0.2, 0.25) is 0 Å². The van der Waals surface area contributed by atoms with Crippen LogP contribution in [0, 0.1) is 0 Å². The minimum atomic E-state index is 0. The van der Waals surface area contributed by atoms with Gasteiger partial charge >= 0.3 is 0 Å². The van der Waals surface area contributed by atoms with Crippen LogP contribution < -0.4 is 0 Å². The van der Waals surface area contributed by atoms with Crippen molar-refractivity contribution < 1.29 is 0 Å². The highest BCUT2D eigenvalue weighted by atomic mass is 79.9. The molecule has 0 saturated carbocycles. The quantitative estimate of drug-likeness (QED) is 0.388. The third-order valence-electron chi connectivity index (χ3n) is 3.39. The average Bonchev–Trinajstić information content (AvgIpc) is 2.71. The highest BCUT2D eigenvalue weighted by Crippen LogP contribution is 2.16. The Labute approximate surface area is 174 Å². The predicted octanol–water partition coefficient (Wildman–Crippen LogP) is 5.44. The number of rotatable bonds is 2. The van der Waals surface area contributed by atoms with Crippen LogP contribution in [-0.4, -0.2) is 19.9 Å². The van der Waals surface area contributed by atoms with Gasteiger partial charge in [0.05, 0.1) is 0 Å². The summed E-state index contributed by atoms with van der Waals surface area (Å²) in [6, 6.07) is 15.9. The summed E-state index contributed by atoms with van der Waals surface area (Å²) in [5, 5.41) is 0. The fourth-order valence-corrected chi connectivity index (χ4v) is 2.18. The molecular formula is C20H18Br2N4. The number of nitrogens with zero attached hydrogens (tertiary/aromatic N) is 4. The van der Waals surface area contributed by atoms with Gasteiger partial charge in [-0.15, -0.1) is 34.0 Å². The molecule has 0 aliphatic rings. The van der Waals surface area contributed by atoms with Gasteiger partial charge in [0, 0.05) is 49.6 Å². The van der Waals surface area contributed by atoms with Gasteiger partial charge in [-0.3, -0.25) is 19.9 Å². The van der Waals surface area contributed by atoms with E-state index in [0.717, 1.165) is 0 Å². The second-order valence-electron chi connectivity index (χ2n) is 4.94. The summed E-state index contributed by atoms with van der Waals surface area (Å²) in [5.74, 6) is 0. The van der Waals surface area contributed by atoms with Crippen LogP contribution in [0.3, 0.4) is 0 Å². The van der Waals surface area contributed by atoms with Crippen molar-refractivity contribution in [2.45, 2.75) is 0 Å². The van der Waals surface area contributed by atoms with Gasteiger partial charge in [0.2, 0.25) is 0 Å². The summed E-state index contributed by atoms with van der Waals surface area (Å²) < 4.78 is 0.